The minimum atomic E-state index is -0.396. The zero-order valence-electron chi connectivity index (χ0n) is 14.2. The molecule has 1 aromatic heterocycles. The van der Waals surface area contributed by atoms with E-state index in [1.54, 1.807) is 12.1 Å². The second-order valence-corrected chi connectivity index (χ2v) is 6.10. The number of hydrogen-bond donors (Lipinski definition) is 1. The molecular formula is C19H20N4O2. The molecule has 1 unspecified atom stereocenters. The van der Waals surface area contributed by atoms with Crippen molar-refractivity contribution in [2.45, 2.75) is 6.04 Å². The van der Waals surface area contributed by atoms with Gasteiger partial charge in [-0.25, -0.2) is 4.98 Å². The van der Waals surface area contributed by atoms with Crippen molar-refractivity contribution in [1.29, 1.82) is 0 Å². The van der Waals surface area contributed by atoms with Crippen LogP contribution in [-0.2, 0) is 0 Å². The Bertz CT molecular complexity index is 881. The molecule has 128 valence electrons. The summed E-state index contributed by atoms with van der Waals surface area (Å²) < 4.78 is 0. The fourth-order valence-electron chi connectivity index (χ4n) is 2.80. The van der Waals surface area contributed by atoms with Gasteiger partial charge in [-0.15, -0.1) is 0 Å². The van der Waals surface area contributed by atoms with Gasteiger partial charge in [0.25, 0.3) is 5.69 Å². The van der Waals surface area contributed by atoms with Crippen LogP contribution in [0.2, 0.25) is 0 Å². The molecule has 0 amide bonds. The number of likely N-dealkylation sites (N-methyl/N-ethyl adjacent to an activating group) is 1. The number of nitrogens with zero attached hydrogens (tertiary/aromatic N) is 3. The van der Waals surface area contributed by atoms with Gasteiger partial charge in [-0.1, -0.05) is 30.3 Å². The molecule has 0 saturated heterocycles. The lowest BCUT2D eigenvalue weighted by molar-refractivity contribution is -0.384. The summed E-state index contributed by atoms with van der Waals surface area (Å²) in [5, 5.41) is 15.0. The molecule has 1 heterocycles. The first kappa shape index (κ1) is 16.9. The first-order valence-electron chi connectivity index (χ1n) is 8.05. The normalized spacial score (nSPS) is 12.3. The van der Waals surface area contributed by atoms with E-state index in [-0.39, 0.29) is 11.7 Å². The lowest BCUT2D eigenvalue weighted by atomic mass is 10.1. The molecular weight excluding hydrogens is 316 g/mol. The van der Waals surface area contributed by atoms with Crippen LogP contribution in [-0.4, -0.2) is 35.4 Å². The van der Waals surface area contributed by atoms with Crippen molar-refractivity contribution >= 4 is 22.4 Å². The number of non-ortho nitro benzene ring substituents is 1. The zero-order valence-corrected chi connectivity index (χ0v) is 14.2. The van der Waals surface area contributed by atoms with E-state index in [4.69, 9.17) is 0 Å². The standard InChI is InChI=1S/C19H20N4O2/c1-22(2)18(14-6-4-3-5-7-14)13-20-19-11-8-15-12-16(23(24)25)9-10-17(15)21-19/h3-12,18H,13H2,1-2H3,(H,20,21). The number of benzene rings is 2. The first-order valence-corrected chi connectivity index (χ1v) is 8.05. The third kappa shape index (κ3) is 3.92. The lowest BCUT2D eigenvalue weighted by Gasteiger charge is -2.25. The molecule has 1 N–H and O–H groups in total. The number of nitro groups is 1. The Morgan fingerprint density at radius 1 is 1.12 bits per heavy atom. The number of pyridine rings is 1. The van der Waals surface area contributed by atoms with Crippen molar-refractivity contribution in [3.8, 4) is 0 Å². The predicted molar refractivity (Wildman–Crippen MR) is 99.8 cm³/mol. The second-order valence-electron chi connectivity index (χ2n) is 6.10. The van der Waals surface area contributed by atoms with Gasteiger partial charge in [0.15, 0.2) is 0 Å². The van der Waals surface area contributed by atoms with E-state index in [0.717, 1.165) is 16.7 Å². The van der Waals surface area contributed by atoms with E-state index in [9.17, 15) is 10.1 Å². The molecule has 2 aromatic carbocycles. The SMILES string of the molecule is CN(C)C(CNc1ccc2cc([N+](=O)[O-])ccc2n1)c1ccccc1. The fraction of sp³-hybridized carbons (Fsp3) is 0.211. The quantitative estimate of drug-likeness (QED) is 0.547. The maximum Gasteiger partial charge on any atom is 0.270 e. The molecule has 0 spiro atoms. The molecule has 0 aliphatic carbocycles. The maximum absolute atomic E-state index is 10.9. The van der Waals surface area contributed by atoms with Gasteiger partial charge in [0.05, 0.1) is 16.5 Å². The zero-order chi connectivity index (χ0) is 17.8. The van der Waals surface area contributed by atoms with Crippen molar-refractivity contribution in [1.82, 2.24) is 9.88 Å². The average Bonchev–Trinajstić information content (AvgIpc) is 2.62. The highest BCUT2D eigenvalue weighted by Gasteiger charge is 2.14. The van der Waals surface area contributed by atoms with Crippen LogP contribution in [0.15, 0.2) is 60.7 Å². The van der Waals surface area contributed by atoms with Crippen molar-refractivity contribution in [2.75, 3.05) is 26.0 Å². The highest BCUT2D eigenvalue weighted by molar-refractivity contribution is 5.82. The summed E-state index contributed by atoms with van der Waals surface area (Å²) in [6.45, 7) is 0.711. The topological polar surface area (TPSA) is 71.3 Å². The Labute approximate surface area is 146 Å². The van der Waals surface area contributed by atoms with E-state index in [1.807, 2.05) is 44.4 Å². The van der Waals surface area contributed by atoms with Crippen molar-refractivity contribution < 1.29 is 4.92 Å². The molecule has 0 radical (unpaired) electrons. The number of anilines is 1. The number of nitro benzene ring substituents is 1. The Balaban J connectivity index is 1.78. The maximum atomic E-state index is 10.9. The molecule has 0 bridgehead atoms. The number of hydrogen-bond acceptors (Lipinski definition) is 5. The van der Waals surface area contributed by atoms with Crippen molar-refractivity contribution in [3.63, 3.8) is 0 Å². The monoisotopic (exact) mass is 336 g/mol. The van der Waals surface area contributed by atoms with Crippen molar-refractivity contribution in [3.05, 3.63) is 76.3 Å². The summed E-state index contributed by atoms with van der Waals surface area (Å²) >= 11 is 0. The van der Waals surface area contributed by atoms with Gasteiger partial charge in [0, 0.05) is 24.1 Å². The van der Waals surface area contributed by atoms with Gasteiger partial charge in [-0.2, -0.15) is 0 Å². The van der Waals surface area contributed by atoms with Gasteiger partial charge in [-0.05, 0) is 37.9 Å². The van der Waals surface area contributed by atoms with Crippen LogP contribution in [0.5, 0.6) is 0 Å². The number of aromatic nitrogens is 1. The van der Waals surface area contributed by atoms with Gasteiger partial charge >= 0.3 is 0 Å². The van der Waals surface area contributed by atoms with Crippen molar-refractivity contribution in [2.24, 2.45) is 0 Å². The molecule has 0 aliphatic rings. The van der Waals surface area contributed by atoms with Crippen LogP contribution in [0.4, 0.5) is 11.5 Å². The van der Waals surface area contributed by atoms with Crippen LogP contribution in [0.1, 0.15) is 11.6 Å². The fourth-order valence-corrected chi connectivity index (χ4v) is 2.80. The van der Waals surface area contributed by atoms with Gasteiger partial charge in [-0.3, -0.25) is 10.1 Å². The predicted octanol–water partition coefficient (Wildman–Crippen LogP) is 3.86. The van der Waals surface area contributed by atoms with Crippen LogP contribution in [0, 0.1) is 10.1 Å². The molecule has 25 heavy (non-hydrogen) atoms. The van der Waals surface area contributed by atoms with Crippen LogP contribution in [0.3, 0.4) is 0 Å². The number of fused-ring (bicyclic) bond motifs is 1. The van der Waals surface area contributed by atoms with E-state index in [2.05, 4.69) is 27.3 Å². The Morgan fingerprint density at radius 3 is 2.56 bits per heavy atom. The first-order chi connectivity index (χ1) is 12.0. The minimum absolute atomic E-state index is 0.0757. The largest absolute Gasteiger partial charge is 0.368 e. The Morgan fingerprint density at radius 2 is 1.88 bits per heavy atom. The molecule has 0 fully saturated rings. The molecule has 3 aromatic rings. The van der Waals surface area contributed by atoms with Gasteiger partial charge < -0.3 is 10.2 Å². The highest BCUT2D eigenvalue weighted by Crippen LogP contribution is 2.22. The number of rotatable bonds is 6. The van der Waals surface area contributed by atoms with Gasteiger partial charge in [0.1, 0.15) is 5.82 Å². The molecule has 1 atom stereocenters. The van der Waals surface area contributed by atoms with E-state index in [0.29, 0.717) is 6.54 Å². The number of nitrogens with one attached hydrogen (secondary N) is 1. The van der Waals surface area contributed by atoms with E-state index >= 15 is 0 Å². The molecule has 6 heteroatoms. The van der Waals surface area contributed by atoms with Crippen LogP contribution in [0.25, 0.3) is 10.9 Å². The summed E-state index contributed by atoms with van der Waals surface area (Å²) in [7, 11) is 4.10. The minimum Gasteiger partial charge on any atom is -0.368 e. The van der Waals surface area contributed by atoms with Gasteiger partial charge in [0.2, 0.25) is 0 Å². The molecule has 6 nitrogen and oxygen atoms in total. The van der Waals surface area contributed by atoms with Crippen LogP contribution < -0.4 is 5.32 Å². The third-order valence-corrected chi connectivity index (χ3v) is 4.17. The van der Waals surface area contributed by atoms with E-state index in [1.165, 1.54) is 11.6 Å². The molecule has 0 aliphatic heterocycles. The average molecular weight is 336 g/mol. The second kappa shape index (κ2) is 7.27. The third-order valence-electron chi connectivity index (χ3n) is 4.17. The lowest BCUT2D eigenvalue weighted by Crippen LogP contribution is -2.27. The Hall–Kier alpha value is -2.99. The summed E-state index contributed by atoms with van der Waals surface area (Å²) in [5.74, 6) is 0.754. The smallest absolute Gasteiger partial charge is 0.270 e. The summed E-state index contributed by atoms with van der Waals surface area (Å²) in [4.78, 5) is 17.2. The van der Waals surface area contributed by atoms with Crippen LogP contribution >= 0.6 is 0 Å². The molecule has 0 saturated carbocycles. The Kier molecular flexibility index (Phi) is 4.90. The van der Waals surface area contributed by atoms with E-state index < -0.39 is 4.92 Å². The summed E-state index contributed by atoms with van der Waals surface area (Å²) in [6, 6.07) is 18.9. The summed E-state index contributed by atoms with van der Waals surface area (Å²) in [6.07, 6.45) is 0. The highest BCUT2D eigenvalue weighted by atomic mass is 16.6. The molecule has 3 rings (SSSR count). The summed E-state index contributed by atoms with van der Waals surface area (Å²) in [5.41, 5.74) is 2.04.